The number of anilines is 2. The van der Waals surface area contributed by atoms with Gasteiger partial charge in [0.25, 0.3) is 11.8 Å². The summed E-state index contributed by atoms with van der Waals surface area (Å²) in [5.74, 6) is -0.258. The van der Waals surface area contributed by atoms with Crippen LogP contribution in [0.1, 0.15) is 26.3 Å². The number of piperazine rings is 1. The Bertz CT molecular complexity index is 1190. The van der Waals surface area contributed by atoms with Crippen molar-refractivity contribution in [2.45, 2.75) is 6.92 Å². The van der Waals surface area contributed by atoms with Crippen LogP contribution in [0, 0.1) is 6.92 Å². The molecule has 1 fully saturated rings. The maximum Gasteiger partial charge on any atom is 0.257 e. The SMILES string of the molecule is Cc1ccc(C(=O)N2CCN(c3c(Cl)cccc3NC(=S)NC(=O)c3ccccc3)CC2)cc1. The van der Waals surface area contributed by atoms with E-state index in [1.165, 1.54) is 0 Å². The van der Waals surface area contributed by atoms with E-state index < -0.39 is 0 Å². The van der Waals surface area contributed by atoms with E-state index in [1.54, 1.807) is 24.3 Å². The highest BCUT2D eigenvalue weighted by molar-refractivity contribution is 7.80. The molecule has 2 amide bonds. The number of carbonyl (C=O) groups is 2. The molecule has 174 valence electrons. The molecule has 0 aliphatic carbocycles. The van der Waals surface area contributed by atoms with E-state index >= 15 is 0 Å². The second kappa shape index (κ2) is 10.7. The maximum absolute atomic E-state index is 12.9. The number of thiocarbonyl (C=S) groups is 1. The van der Waals surface area contributed by atoms with Crippen molar-refractivity contribution in [3.63, 3.8) is 0 Å². The first kappa shape index (κ1) is 23.7. The lowest BCUT2D eigenvalue weighted by Crippen LogP contribution is -2.49. The van der Waals surface area contributed by atoms with Crippen LogP contribution in [0.4, 0.5) is 11.4 Å². The van der Waals surface area contributed by atoms with Crippen LogP contribution < -0.4 is 15.5 Å². The van der Waals surface area contributed by atoms with Crippen LogP contribution in [0.3, 0.4) is 0 Å². The minimum Gasteiger partial charge on any atom is -0.365 e. The van der Waals surface area contributed by atoms with Crippen molar-refractivity contribution in [3.8, 4) is 0 Å². The Morgan fingerprint density at radius 3 is 2.21 bits per heavy atom. The molecule has 4 rings (SSSR count). The van der Waals surface area contributed by atoms with Gasteiger partial charge in [-0.1, -0.05) is 53.6 Å². The standard InChI is InChI=1S/C26H25ClN4O2S/c1-18-10-12-20(13-11-18)25(33)31-16-14-30(15-17-31)23-21(27)8-5-9-22(23)28-26(34)29-24(32)19-6-3-2-4-7-19/h2-13H,14-17H2,1H3,(H2,28,29,32,34). The van der Waals surface area contributed by atoms with Crippen LogP contribution in [0.25, 0.3) is 0 Å². The smallest absolute Gasteiger partial charge is 0.257 e. The lowest BCUT2D eigenvalue weighted by molar-refractivity contribution is 0.0746. The molecule has 1 aliphatic heterocycles. The normalized spacial score (nSPS) is 13.4. The van der Waals surface area contributed by atoms with Crippen molar-refractivity contribution in [2.24, 2.45) is 0 Å². The van der Waals surface area contributed by atoms with Gasteiger partial charge in [0.05, 0.1) is 16.4 Å². The van der Waals surface area contributed by atoms with Crippen molar-refractivity contribution in [1.29, 1.82) is 0 Å². The first-order valence-electron chi connectivity index (χ1n) is 11.0. The summed E-state index contributed by atoms with van der Waals surface area (Å²) in [6, 6.07) is 22.0. The third-order valence-corrected chi connectivity index (χ3v) is 6.19. The molecule has 1 saturated heterocycles. The monoisotopic (exact) mass is 492 g/mol. The van der Waals surface area contributed by atoms with E-state index in [1.807, 2.05) is 60.4 Å². The Kier molecular flexibility index (Phi) is 7.45. The first-order valence-corrected chi connectivity index (χ1v) is 11.8. The van der Waals surface area contributed by atoms with Crippen molar-refractivity contribution < 1.29 is 9.59 Å². The van der Waals surface area contributed by atoms with Gasteiger partial charge in [0.2, 0.25) is 0 Å². The average Bonchev–Trinajstić information content (AvgIpc) is 2.85. The fourth-order valence-corrected chi connectivity index (χ4v) is 4.36. The Morgan fingerprint density at radius 1 is 0.853 bits per heavy atom. The molecule has 0 unspecified atom stereocenters. The van der Waals surface area contributed by atoms with E-state index in [0.717, 1.165) is 11.3 Å². The Balaban J connectivity index is 1.42. The maximum atomic E-state index is 12.9. The molecule has 0 spiro atoms. The van der Waals surface area contributed by atoms with Gasteiger partial charge in [0.15, 0.2) is 5.11 Å². The summed E-state index contributed by atoms with van der Waals surface area (Å²) in [6.45, 7) is 4.40. The first-order chi connectivity index (χ1) is 16.4. The van der Waals surface area contributed by atoms with Crippen LogP contribution in [0.15, 0.2) is 72.8 Å². The van der Waals surface area contributed by atoms with Crippen molar-refractivity contribution in [1.82, 2.24) is 10.2 Å². The third-order valence-electron chi connectivity index (χ3n) is 5.68. The molecule has 2 N–H and O–H groups in total. The number of rotatable bonds is 4. The highest BCUT2D eigenvalue weighted by atomic mass is 35.5. The van der Waals surface area contributed by atoms with Gasteiger partial charge >= 0.3 is 0 Å². The molecule has 34 heavy (non-hydrogen) atoms. The minimum atomic E-state index is -0.287. The van der Waals surface area contributed by atoms with Gasteiger partial charge in [0, 0.05) is 37.3 Å². The number of nitrogens with zero attached hydrogens (tertiary/aromatic N) is 2. The number of benzene rings is 3. The summed E-state index contributed by atoms with van der Waals surface area (Å²) in [7, 11) is 0. The highest BCUT2D eigenvalue weighted by Crippen LogP contribution is 2.34. The number of amides is 2. The van der Waals surface area contributed by atoms with Crippen LogP contribution in [0.2, 0.25) is 5.02 Å². The zero-order valence-electron chi connectivity index (χ0n) is 18.8. The second-order valence-corrected chi connectivity index (χ2v) is 8.87. The van der Waals surface area contributed by atoms with E-state index in [4.69, 9.17) is 23.8 Å². The van der Waals surface area contributed by atoms with E-state index in [2.05, 4.69) is 15.5 Å². The van der Waals surface area contributed by atoms with Gasteiger partial charge in [-0.25, -0.2) is 0 Å². The lowest BCUT2D eigenvalue weighted by atomic mass is 10.1. The average molecular weight is 493 g/mol. The number of hydrogen-bond acceptors (Lipinski definition) is 4. The molecule has 3 aromatic rings. The molecule has 6 nitrogen and oxygen atoms in total. The van der Waals surface area contributed by atoms with Crippen molar-refractivity contribution >= 4 is 52.1 Å². The van der Waals surface area contributed by atoms with Crippen LogP contribution >= 0.6 is 23.8 Å². The molecule has 8 heteroatoms. The van der Waals surface area contributed by atoms with Crippen LogP contribution in [-0.4, -0.2) is 48.0 Å². The summed E-state index contributed by atoms with van der Waals surface area (Å²) < 4.78 is 0. The Hall–Kier alpha value is -3.42. The summed E-state index contributed by atoms with van der Waals surface area (Å²) in [4.78, 5) is 29.3. The summed E-state index contributed by atoms with van der Waals surface area (Å²) >= 11 is 11.9. The molecule has 3 aromatic carbocycles. The van der Waals surface area contributed by atoms with Crippen molar-refractivity contribution in [2.75, 3.05) is 36.4 Å². The number of hydrogen-bond donors (Lipinski definition) is 2. The van der Waals surface area contributed by atoms with E-state index in [-0.39, 0.29) is 16.9 Å². The highest BCUT2D eigenvalue weighted by Gasteiger charge is 2.25. The van der Waals surface area contributed by atoms with E-state index in [9.17, 15) is 9.59 Å². The van der Waals surface area contributed by atoms with Gasteiger partial charge < -0.3 is 15.1 Å². The zero-order valence-corrected chi connectivity index (χ0v) is 20.3. The molecule has 1 heterocycles. The summed E-state index contributed by atoms with van der Waals surface area (Å²) in [6.07, 6.45) is 0. The zero-order chi connectivity index (χ0) is 24.1. The molecule has 0 atom stereocenters. The summed E-state index contributed by atoms with van der Waals surface area (Å²) in [5, 5.41) is 6.57. The third kappa shape index (κ3) is 5.55. The van der Waals surface area contributed by atoms with E-state index in [0.29, 0.717) is 48.0 Å². The molecule has 0 bridgehead atoms. The van der Waals surface area contributed by atoms with Gasteiger partial charge in [-0.3, -0.25) is 14.9 Å². The molecule has 0 aromatic heterocycles. The minimum absolute atomic E-state index is 0.0296. The van der Waals surface area contributed by atoms with Gasteiger partial charge in [-0.05, 0) is 55.5 Å². The Labute approximate surface area is 209 Å². The second-order valence-electron chi connectivity index (χ2n) is 8.06. The number of halogens is 1. The quantitative estimate of drug-likeness (QED) is 0.515. The number of para-hydroxylation sites is 1. The van der Waals surface area contributed by atoms with Gasteiger partial charge in [-0.15, -0.1) is 0 Å². The molecule has 1 aliphatic rings. The molecular weight excluding hydrogens is 468 g/mol. The molecule has 0 radical (unpaired) electrons. The lowest BCUT2D eigenvalue weighted by Gasteiger charge is -2.37. The molecular formula is C26H25ClN4O2S. The topological polar surface area (TPSA) is 64.7 Å². The fraction of sp³-hybridized carbons (Fsp3) is 0.192. The Morgan fingerprint density at radius 2 is 1.53 bits per heavy atom. The van der Waals surface area contributed by atoms with Gasteiger partial charge in [0.1, 0.15) is 0 Å². The van der Waals surface area contributed by atoms with Crippen molar-refractivity contribution in [3.05, 3.63) is 94.5 Å². The number of carbonyl (C=O) groups excluding carboxylic acids is 2. The number of nitrogens with one attached hydrogen (secondary N) is 2. The summed E-state index contributed by atoms with van der Waals surface area (Å²) in [5.41, 5.74) is 3.83. The number of aryl methyl sites for hydroxylation is 1. The predicted molar refractivity (Wildman–Crippen MR) is 141 cm³/mol. The van der Waals surface area contributed by atoms with Crippen LogP contribution in [0.5, 0.6) is 0 Å². The molecule has 0 saturated carbocycles. The largest absolute Gasteiger partial charge is 0.365 e. The fourth-order valence-electron chi connectivity index (χ4n) is 3.87. The van der Waals surface area contributed by atoms with Gasteiger partial charge in [-0.2, -0.15) is 0 Å². The predicted octanol–water partition coefficient (Wildman–Crippen LogP) is 4.74. The van der Waals surface area contributed by atoms with Crippen LogP contribution in [-0.2, 0) is 0 Å².